The fourth-order valence-electron chi connectivity index (χ4n) is 1.85. The Bertz CT molecular complexity index is 608. The molecule has 98 valence electrons. The molecule has 0 aliphatic rings. The number of carbonyl (C=O) groups is 1. The fourth-order valence-corrected chi connectivity index (χ4v) is 1.85. The Balaban J connectivity index is 2.41. The first kappa shape index (κ1) is 13.1. The minimum atomic E-state index is -0.331. The van der Waals surface area contributed by atoms with E-state index in [1.54, 1.807) is 19.2 Å². The van der Waals surface area contributed by atoms with Gasteiger partial charge in [-0.3, -0.25) is 0 Å². The van der Waals surface area contributed by atoms with Crippen LogP contribution in [-0.4, -0.2) is 25.2 Å². The highest BCUT2D eigenvalue weighted by atomic mass is 16.5. The van der Waals surface area contributed by atoms with Crippen LogP contribution in [0.5, 0.6) is 5.88 Å². The lowest BCUT2D eigenvalue weighted by atomic mass is 10.0. The lowest BCUT2D eigenvalue weighted by Gasteiger charge is -2.07. The van der Waals surface area contributed by atoms with Gasteiger partial charge in [0, 0.05) is 11.6 Å². The van der Waals surface area contributed by atoms with Gasteiger partial charge >= 0.3 is 5.97 Å². The number of hydrogen-bond acceptors (Lipinski definition) is 4. The molecule has 1 aromatic carbocycles. The van der Waals surface area contributed by atoms with E-state index >= 15 is 0 Å². The molecule has 1 heterocycles. The van der Waals surface area contributed by atoms with Gasteiger partial charge in [-0.2, -0.15) is 0 Å². The third-order valence-corrected chi connectivity index (χ3v) is 2.86. The average molecular weight is 257 g/mol. The number of carbonyl (C=O) groups excluding carboxylic acids is 1. The smallest absolute Gasteiger partial charge is 0.338 e. The molecular formula is C15H15NO3. The summed E-state index contributed by atoms with van der Waals surface area (Å²) in [5.74, 6) is 0.231. The van der Waals surface area contributed by atoms with Gasteiger partial charge in [0.05, 0.1) is 25.5 Å². The monoisotopic (exact) mass is 257 g/mol. The Labute approximate surface area is 112 Å². The summed E-state index contributed by atoms with van der Waals surface area (Å²) in [5.41, 5.74) is 3.16. The molecule has 0 aliphatic carbocycles. The first-order valence-corrected chi connectivity index (χ1v) is 5.86. The lowest BCUT2D eigenvalue weighted by Crippen LogP contribution is -2.03. The van der Waals surface area contributed by atoms with E-state index in [9.17, 15) is 4.79 Å². The van der Waals surface area contributed by atoms with Crippen molar-refractivity contribution < 1.29 is 14.3 Å². The van der Waals surface area contributed by atoms with Gasteiger partial charge < -0.3 is 9.47 Å². The van der Waals surface area contributed by atoms with Gasteiger partial charge in [-0.05, 0) is 30.7 Å². The maximum absolute atomic E-state index is 11.5. The largest absolute Gasteiger partial charge is 0.481 e. The molecule has 19 heavy (non-hydrogen) atoms. The van der Waals surface area contributed by atoms with Crippen LogP contribution in [0.3, 0.4) is 0 Å². The number of pyridine rings is 1. The second-order valence-electron chi connectivity index (χ2n) is 4.09. The van der Waals surface area contributed by atoms with E-state index in [1.165, 1.54) is 7.11 Å². The van der Waals surface area contributed by atoms with Gasteiger partial charge in [0.2, 0.25) is 5.88 Å². The maximum Gasteiger partial charge on any atom is 0.338 e. The molecule has 0 fully saturated rings. The molecule has 0 saturated carbocycles. The number of hydrogen-bond donors (Lipinski definition) is 0. The van der Waals surface area contributed by atoms with Crippen molar-refractivity contribution in [1.82, 2.24) is 4.98 Å². The van der Waals surface area contributed by atoms with E-state index in [4.69, 9.17) is 9.47 Å². The van der Waals surface area contributed by atoms with Crippen LogP contribution < -0.4 is 4.74 Å². The molecule has 0 unspecified atom stereocenters. The zero-order valence-corrected chi connectivity index (χ0v) is 11.1. The van der Waals surface area contributed by atoms with Crippen molar-refractivity contribution in [2.24, 2.45) is 0 Å². The van der Waals surface area contributed by atoms with Gasteiger partial charge in [0.15, 0.2) is 0 Å². The highest BCUT2D eigenvalue weighted by Gasteiger charge is 2.10. The Kier molecular flexibility index (Phi) is 3.80. The van der Waals surface area contributed by atoms with Crippen LogP contribution in [0.4, 0.5) is 0 Å². The molecule has 0 spiro atoms. The topological polar surface area (TPSA) is 48.4 Å². The molecule has 0 aliphatic heterocycles. The lowest BCUT2D eigenvalue weighted by molar-refractivity contribution is 0.0600. The number of aromatic nitrogens is 1. The van der Waals surface area contributed by atoms with Crippen LogP contribution in [0.1, 0.15) is 15.9 Å². The van der Waals surface area contributed by atoms with Crippen molar-refractivity contribution in [2.45, 2.75) is 6.92 Å². The molecule has 0 saturated heterocycles. The van der Waals surface area contributed by atoms with Crippen LogP contribution in [0.2, 0.25) is 0 Å². The van der Waals surface area contributed by atoms with Crippen LogP contribution in [-0.2, 0) is 4.74 Å². The Morgan fingerprint density at radius 3 is 2.58 bits per heavy atom. The Morgan fingerprint density at radius 1 is 1.16 bits per heavy atom. The molecule has 2 aromatic rings. The highest BCUT2D eigenvalue weighted by molar-refractivity contribution is 5.91. The minimum absolute atomic E-state index is 0.331. The minimum Gasteiger partial charge on any atom is -0.481 e. The number of aryl methyl sites for hydroxylation is 1. The summed E-state index contributed by atoms with van der Waals surface area (Å²) in [7, 11) is 2.96. The number of benzene rings is 1. The summed E-state index contributed by atoms with van der Waals surface area (Å²) < 4.78 is 9.83. The van der Waals surface area contributed by atoms with Crippen LogP contribution in [0.25, 0.3) is 11.3 Å². The summed E-state index contributed by atoms with van der Waals surface area (Å²) in [5, 5.41) is 0. The molecular weight excluding hydrogens is 242 g/mol. The predicted molar refractivity (Wildman–Crippen MR) is 72.3 cm³/mol. The second-order valence-corrected chi connectivity index (χ2v) is 4.09. The molecule has 0 bridgehead atoms. The molecule has 4 heteroatoms. The predicted octanol–water partition coefficient (Wildman–Crippen LogP) is 2.85. The molecule has 2 rings (SSSR count). The summed E-state index contributed by atoms with van der Waals surface area (Å²) in [4.78, 5) is 15.9. The van der Waals surface area contributed by atoms with Crippen LogP contribution in [0, 0.1) is 6.92 Å². The molecule has 0 radical (unpaired) electrons. The number of nitrogens with zero attached hydrogens (tertiary/aromatic N) is 1. The van der Waals surface area contributed by atoms with E-state index in [0.29, 0.717) is 11.4 Å². The van der Waals surface area contributed by atoms with E-state index in [1.807, 2.05) is 31.2 Å². The summed E-state index contributed by atoms with van der Waals surface area (Å²) >= 11 is 0. The van der Waals surface area contributed by atoms with E-state index in [0.717, 1.165) is 16.8 Å². The van der Waals surface area contributed by atoms with Gasteiger partial charge in [-0.15, -0.1) is 0 Å². The Morgan fingerprint density at radius 2 is 1.95 bits per heavy atom. The Hall–Kier alpha value is -2.36. The van der Waals surface area contributed by atoms with Crippen LogP contribution >= 0.6 is 0 Å². The number of rotatable bonds is 3. The van der Waals surface area contributed by atoms with E-state index in [2.05, 4.69) is 4.98 Å². The van der Waals surface area contributed by atoms with Crippen molar-refractivity contribution in [2.75, 3.05) is 14.2 Å². The van der Waals surface area contributed by atoms with Crippen molar-refractivity contribution in [1.29, 1.82) is 0 Å². The second kappa shape index (κ2) is 5.52. The molecule has 4 nitrogen and oxygen atoms in total. The molecule has 1 aromatic heterocycles. The number of esters is 1. The SMILES string of the molecule is COC(=O)c1ccc(-c2cccc(OC)n2)cc1C. The van der Waals surface area contributed by atoms with Gasteiger partial charge in [0.1, 0.15) is 0 Å². The van der Waals surface area contributed by atoms with Gasteiger partial charge in [-0.25, -0.2) is 9.78 Å². The third kappa shape index (κ3) is 2.73. The van der Waals surface area contributed by atoms with Crippen molar-refractivity contribution in [3.05, 3.63) is 47.5 Å². The van der Waals surface area contributed by atoms with Crippen molar-refractivity contribution in [3.63, 3.8) is 0 Å². The first-order chi connectivity index (χ1) is 9.15. The molecule has 0 atom stereocenters. The summed E-state index contributed by atoms with van der Waals surface area (Å²) in [6, 6.07) is 11.1. The van der Waals surface area contributed by atoms with Crippen LogP contribution in [0.15, 0.2) is 36.4 Å². The molecule has 0 amide bonds. The zero-order chi connectivity index (χ0) is 13.8. The van der Waals surface area contributed by atoms with E-state index < -0.39 is 0 Å². The van der Waals surface area contributed by atoms with Crippen molar-refractivity contribution >= 4 is 5.97 Å². The van der Waals surface area contributed by atoms with Gasteiger partial charge in [-0.1, -0.05) is 12.1 Å². The normalized spacial score (nSPS) is 10.1. The summed E-state index contributed by atoms with van der Waals surface area (Å²) in [6.45, 7) is 1.87. The number of methoxy groups -OCH3 is 2. The quantitative estimate of drug-likeness (QED) is 0.793. The number of ether oxygens (including phenoxy) is 2. The van der Waals surface area contributed by atoms with Crippen molar-refractivity contribution in [3.8, 4) is 17.1 Å². The first-order valence-electron chi connectivity index (χ1n) is 5.86. The fraction of sp³-hybridized carbons (Fsp3) is 0.200. The highest BCUT2D eigenvalue weighted by Crippen LogP contribution is 2.22. The summed E-state index contributed by atoms with van der Waals surface area (Å²) in [6.07, 6.45) is 0. The molecule has 0 N–H and O–H groups in total. The average Bonchev–Trinajstić information content (AvgIpc) is 2.46. The zero-order valence-electron chi connectivity index (χ0n) is 11.1. The van der Waals surface area contributed by atoms with E-state index in [-0.39, 0.29) is 5.97 Å². The maximum atomic E-state index is 11.5. The standard InChI is InChI=1S/C15H15NO3/c1-10-9-11(7-8-12(10)15(17)19-3)13-5-4-6-14(16-13)18-2/h4-9H,1-3H3. The van der Waals surface area contributed by atoms with Gasteiger partial charge in [0.25, 0.3) is 0 Å². The third-order valence-electron chi connectivity index (χ3n) is 2.86.